The average molecular weight is 264 g/mol. The Morgan fingerprint density at radius 2 is 1.89 bits per heavy atom. The first kappa shape index (κ1) is 15.3. The first-order valence-corrected chi connectivity index (χ1v) is 6.32. The molecule has 1 rings (SSSR count). The van der Waals surface area contributed by atoms with E-state index in [1.54, 1.807) is 0 Å². The van der Waals surface area contributed by atoms with Crippen LogP contribution in [0.2, 0.25) is 0 Å². The van der Waals surface area contributed by atoms with E-state index in [2.05, 4.69) is 0 Å². The van der Waals surface area contributed by atoms with Gasteiger partial charge in [0.25, 0.3) is 0 Å². The summed E-state index contributed by atoms with van der Waals surface area (Å²) < 4.78 is 36.3. The molecule has 5 heteroatoms. The third kappa shape index (κ3) is 4.50. The van der Waals surface area contributed by atoms with Gasteiger partial charge in [-0.1, -0.05) is 33.6 Å². The Morgan fingerprint density at radius 1 is 1.28 bits per heavy atom. The Labute approximate surface area is 106 Å². The van der Waals surface area contributed by atoms with Crippen molar-refractivity contribution in [3.63, 3.8) is 0 Å². The molecule has 0 heterocycles. The number of alkyl halides is 3. The van der Waals surface area contributed by atoms with E-state index in [-0.39, 0.29) is 11.3 Å². The van der Waals surface area contributed by atoms with Gasteiger partial charge in [0.2, 0.25) is 5.91 Å². The molecule has 1 N–H and O–H groups in total. The minimum absolute atomic E-state index is 0.124. The molecule has 0 spiro atoms. The van der Waals surface area contributed by atoms with Crippen molar-refractivity contribution >= 4 is 5.91 Å². The third-order valence-electron chi connectivity index (χ3n) is 3.35. The van der Waals surface area contributed by atoms with Gasteiger partial charge in [0.05, 0.1) is 0 Å². The lowest BCUT2D eigenvalue weighted by Gasteiger charge is -2.39. The summed E-state index contributed by atoms with van der Waals surface area (Å²) in [5, 5.41) is 2.01. The number of nitrogens with one attached hydrogen (secondary N) is 1. The van der Waals surface area contributed by atoms with Crippen LogP contribution in [0.5, 0.6) is 0 Å². The molecular formula is C13H21F3NO. The second-order valence-electron chi connectivity index (χ2n) is 5.91. The van der Waals surface area contributed by atoms with Crippen molar-refractivity contribution in [2.75, 3.05) is 6.54 Å². The first-order valence-electron chi connectivity index (χ1n) is 6.32. The largest absolute Gasteiger partial charge is 0.405 e. The fourth-order valence-corrected chi connectivity index (χ4v) is 2.51. The molecule has 0 aliphatic heterocycles. The molecule has 0 aromatic heterocycles. The number of rotatable bonds is 2. The molecule has 0 unspecified atom stereocenters. The number of hydrogen-bond acceptors (Lipinski definition) is 1. The van der Waals surface area contributed by atoms with Gasteiger partial charge in [-0.25, -0.2) is 0 Å². The van der Waals surface area contributed by atoms with Gasteiger partial charge in [0.15, 0.2) is 0 Å². The van der Waals surface area contributed by atoms with Crippen LogP contribution in [0.15, 0.2) is 0 Å². The van der Waals surface area contributed by atoms with Crippen LogP contribution in [0.4, 0.5) is 13.2 Å². The van der Waals surface area contributed by atoms with Crippen molar-refractivity contribution in [1.29, 1.82) is 0 Å². The molecule has 0 aromatic rings. The van der Waals surface area contributed by atoms with Gasteiger partial charge in [-0.3, -0.25) is 4.79 Å². The van der Waals surface area contributed by atoms with E-state index >= 15 is 0 Å². The summed E-state index contributed by atoms with van der Waals surface area (Å²) in [6, 6.07) is 0. The van der Waals surface area contributed by atoms with Crippen molar-refractivity contribution in [2.24, 2.45) is 11.3 Å². The summed E-state index contributed by atoms with van der Waals surface area (Å²) in [4.78, 5) is 11.9. The number of halogens is 3. The highest BCUT2D eigenvalue weighted by Crippen LogP contribution is 2.43. The fourth-order valence-electron chi connectivity index (χ4n) is 2.51. The van der Waals surface area contributed by atoms with Gasteiger partial charge in [0, 0.05) is 5.92 Å². The highest BCUT2D eigenvalue weighted by atomic mass is 19.4. The summed E-state index contributed by atoms with van der Waals surface area (Å²) in [6.45, 7) is 4.80. The van der Waals surface area contributed by atoms with Crippen molar-refractivity contribution < 1.29 is 18.0 Å². The number of amides is 1. The second-order valence-corrected chi connectivity index (χ2v) is 5.91. The zero-order valence-corrected chi connectivity index (χ0v) is 11.2. The zero-order chi connectivity index (χ0) is 14.0. The smallest absolute Gasteiger partial charge is 0.347 e. The summed E-state index contributed by atoms with van der Waals surface area (Å²) in [6.07, 6.45) is -0.907. The van der Waals surface area contributed by atoms with Crippen LogP contribution in [-0.4, -0.2) is 18.6 Å². The summed E-state index contributed by atoms with van der Waals surface area (Å²) in [7, 11) is 0. The second kappa shape index (κ2) is 5.49. The van der Waals surface area contributed by atoms with Gasteiger partial charge in [-0.05, 0) is 24.2 Å². The van der Waals surface area contributed by atoms with Crippen LogP contribution in [0.3, 0.4) is 0 Å². The average Bonchev–Trinajstić information content (AvgIpc) is 2.24. The van der Waals surface area contributed by atoms with Crippen LogP contribution >= 0.6 is 0 Å². The standard InChI is InChI=1S/C13H21F3NO/c1-12(2,3)10-7-5-4-6-9(10)11(18)17-8-13(14,15)16/h9H,4-8H2,1-3H3,(H,17,18)/t9-/m0/s1. The Balaban J connectivity index is 2.64. The lowest BCUT2D eigenvalue weighted by molar-refractivity contribution is -0.141. The molecule has 1 atom stereocenters. The van der Waals surface area contributed by atoms with Gasteiger partial charge in [0.1, 0.15) is 6.54 Å². The zero-order valence-electron chi connectivity index (χ0n) is 11.2. The molecule has 1 saturated carbocycles. The molecule has 2 nitrogen and oxygen atoms in total. The molecule has 1 aliphatic carbocycles. The van der Waals surface area contributed by atoms with Gasteiger partial charge in [-0.15, -0.1) is 0 Å². The van der Waals surface area contributed by atoms with Crippen LogP contribution in [0, 0.1) is 17.3 Å². The van der Waals surface area contributed by atoms with Crippen molar-refractivity contribution in [3.8, 4) is 0 Å². The predicted molar refractivity (Wildman–Crippen MR) is 63.7 cm³/mol. The number of carbonyl (C=O) groups is 1. The molecular weight excluding hydrogens is 243 g/mol. The predicted octanol–water partition coefficient (Wildman–Crippen LogP) is 3.48. The Kier molecular flexibility index (Phi) is 4.67. The number of hydrogen-bond donors (Lipinski definition) is 1. The normalized spacial score (nSPS) is 22.9. The van der Waals surface area contributed by atoms with Crippen LogP contribution < -0.4 is 5.32 Å². The van der Waals surface area contributed by atoms with E-state index in [0.29, 0.717) is 6.42 Å². The lowest BCUT2D eigenvalue weighted by atomic mass is 9.66. The van der Waals surface area contributed by atoms with E-state index in [1.807, 2.05) is 26.1 Å². The highest BCUT2D eigenvalue weighted by molar-refractivity contribution is 5.81. The highest BCUT2D eigenvalue weighted by Gasteiger charge is 2.39. The van der Waals surface area contributed by atoms with E-state index in [0.717, 1.165) is 25.2 Å². The molecule has 1 fully saturated rings. The molecule has 1 radical (unpaired) electrons. The molecule has 0 saturated heterocycles. The van der Waals surface area contributed by atoms with Gasteiger partial charge < -0.3 is 5.32 Å². The van der Waals surface area contributed by atoms with Crippen LogP contribution in [0.1, 0.15) is 46.5 Å². The summed E-state index contributed by atoms with van der Waals surface area (Å²) in [5.74, 6) is 0.242. The topological polar surface area (TPSA) is 29.1 Å². The monoisotopic (exact) mass is 264 g/mol. The molecule has 1 amide bonds. The summed E-state index contributed by atoms with van der Waals surface area (Å²) in [5.41, 5.74) is -0.124. The van der Waals surface area contributed by atoms with Gasteiger partial charge >= 0.3 is 6.18 Å². The maximum atomic E-state index is 12.1. The minimum Gasteiger partial charge on any atom is -0.347 e. The number of carbonyl (C=O) groups excluding carboxylic acids is 1. The third-order valence-corrected chi connectivity index (χ3v) is 3.35. The van der Waals surface area contributed by atoms with E-state index in [1.165, 1.54) is 0 Å². The van der Waals surface area contributed by atoms with E-state index < -0.39 is 18.6 Å². The maximum Gasteiger partial charge on any atom is 0.405 e. The Bertz CT molecular complexity index is 294. The Hall–Kier alpha value is -0.740. The van der Waals surface area contributed by atoms with E-state index in [4.69, 9.17) is 0 Å². The van der Waals surface area contributed by atoms with Crippen molar-refractivity contribution in [2.45, 2.75) is 52.6 Å². The lowest BCUT2D eigenvalue weighted by Crippen LogP contribution is -2.43. The van der Waals surface area contributed by atoms with Crippen molar-refractivity contribution in [1.82, 2.24) is 5.32 Å². The SMILES string of the molecule is CC(C)(C)[C]1CCCC[C@@H]1C(=O)NCC(F)(F)F. The molecule has 0 bridgehead atoms. The van der Waals surface area contributed by atoms with E-state index in [9.17, 15) is 18.0 Å². The fraction of sp³-hybridized carbons (Fsp3) is 0.846. The van der Waals surface area contributed by atoms with Crippen LogP contribution in [0.25, 0.3) is 0 Å². The molecule has 0 aromatic carbocycles. The maximum absolute atomic E-state index is 12.1. The van der Waals surface area contributed by atoms with Gasteiger partial charge in [-0.2, -0.15) is 13.2 Å². The molecule has 105 valence electrons. The Morgan fingerprint density at radius 3 is 2.39 bits per heavy atom. The minimum atomic E-state index is -4.34. The molecule has 18 heavy (non-hydrogen) atoms. The quantitative estimate of drug-likeness (QED) is 0.813. The van der Waals surface area contributed by atoms with Crippen molar-refractivity contribution in [3.05, 3.63) is 5.92 Å². The first-order chi connectivity index (χ1) is 8.11. The van der Waals surface area contributed by atoms with Crippen LogP contribution in [-0.2, 0) is 4.79 Å². The molecule has 1 aliphatic rings. The summed E-state index contributed by atoms with van der Waals surface area (Å²) >= 11 is 0.